The van der Waals surface area contributed by atoms with E-state index in [1.165, 1.54) is 23.3 Å². The molecule has 0 aliphatic carbocycles. The van der Waals surface area contributed by atoms with Gasteiger partial charge in [0.25, 0.3) is 0 Å². The quantitative estimate of drug-likeness (QED) is 0.340. The molecule has 160 valence electrons. The summed E-state index contributed by atoms with van der Waals surface area (Å²) < 4.78 is 61.6. The fourth-order valence-corrected chi connectivity index (χ4v) is 3.05. The molecule has 0 fully saturated rings. The van der Waals surface area contributed by atoms with E-state index in [0.717, 1.165) is 12.0 Å². The smallest absolute Gasteiger partial charge is 0.376 e. The molecule has 0 atom stereocenters. The van der Waals surface area contributed by atoms with Gasteiger partial charge < -0.3 is 4.18 Å². The van der Waals surface area contributed by atoms with E-state index in [0.29, 0.717) is 5.92 Å². The van der Waals surface area contributed by atoms with E-state index in [-0.39, 0.29) is 5.75 Å². The predicted molar refractivity (Wildman–Crippen MR) is 112 cm³/mol. The van der Waals surface area contributed by atoms with Gasteiger partial charge in [0.15, 0.2) is 0 Å². The molecule has 0 heterocycles. The molecule has 0 spiro atoms. The Kier molecular flexibility index (Phi) is 8.06. The van der Waals surface area contributed by atoms with Crippen LogP contribution in [0, 0.1) is 5.92 Å². The third kappa shape index (κ3) is 7.22. The normalized spacial score (nSPS) is 11.5. The largest absolute Gasteiger partial charge is 0.534 e. The van der Waals surface area contributed by atoms with Crippen molar-refractivity contribution in [2.75, 3.05) is 0 Å². The minimum Gasteiger partial charge on any atom is -0.376 e. The first-order chi connectivity index (χ1) is 14.1. The van der Waals surface area contributed by atoms with Gasteiger partial charge in [-0.25, -0.2) is 0 Å². The van der Waals surface area contributed by atoms with Crippen LogP contribution in [0.1, 0.15) is 19.4 Å². The van der Waals surface area contributed by atoms with Gasteiger partial charge in [0.2, 0.25) is 0 Å². The average molecular weight is 436 g/mol. The molecule has 0 saturated heterocycles. The summed E-state index contributed by atoms with van der Waals surface area (Å²) in [6.07, 6.45) is 0.756. The first kappa shape index (κ1) is 23.5. The number of benzene rings is 3. The van der Waals surface area contributed by atoms with Gasteiger partial charge >= 0.3 is 15.6 Å². The van der Waals surface area contributed by atoms with Gasteiger partial charge in [0.1, 0.15) is 5.75 Å². The first-order valence-corrected chi connectivity index (χ1v) is 10.7. The highest BCUT2D eigenvalue weighted by molar-refractivity contribution is 7.88. The number of hydrogen-bond acceptors (Lipinski definition) is 3. The molecule has 7 heteroatoms. The van der Waals surface area contributed by atoms with E-state index in [4.69, 9.17) is 0 Å². The lowest BCUT2D eigenvalue weighted by molar-refractivity contribution is -0.0500. The SMILES string of the molecule is CC(C)Cc1ccc(OS(=O)(=O)C(F)(F)F)cc1.c1ccc(-c2ccccc2)cc1. The number of halogens is 3. The molecule has 0 saturated carbocycles. The van der Waals surface area contributed by atoms with E-state index in [1.54, 1.807) is 12.1 Å². The average Bonchev–Trinajstić information content (AvgIpc) is 2.70. The van der Waals surface area contributed by atoms with Crippen LogP contribution in [0.5, 0.6) is 5.75 Å². The van der Waals surface area contributed by atoms with Crippen molar-refractivity contribution >= 4 is 10.1 Å². The molecule has 3 aromatic carbocycles. The van der Waals surface area contributed by atoms with Gasteiger partial charge in [-0.2, -0.15) is 21.6 Å². The van der Waals surface area contributed by atoms with Crippen LogP contribution in [0.3, 0.4) is 0 Å². The van der Waals surface area contributed by atoms with E-state index in [1.807, 2.05) is 26.0 Å². The van der Waals surface area contributed by atoms with Crippen molar-refractivity contribution in [3.8, 4) is 16.9 Å². The second-order valence-corrected chi connectivity index (χ2v) is 8.49. The fourth-order valence-electron chi connectivity index (χ4n) is 2.59. The minimum absolute atomic E-state index is 0.347. The van der Waals surface area contributed by atoms with Crippen LogP contribution in [0.4, 0.5) is 13.2 Å². The Hall–Kier alpha value is -2.80. The Morgan fingerprint density at radius 3 is 1.57 bits per heavy atom. The zero-order valence-electron chi connectivity index (χ0n) is 16.6. The Morgan fingerprint density at radius 1 is 0.767 bits per heavy atom. The number of alkyl halides is 3. The third-order valence-corrected chi connectivity index (χ3v) is 4.92. The van der Waals surface area contributed by atoms with Gasteiger partial charge in [-0.05, 0) is 41.2 Å². The highest BCUT2D eigenvalue weighted by atomic mass is 32.2. The second kappa shape index (κ2) is 10.3. The predicted octanol–water partition coefficient (Wildman–Crippen LogP) is 6.47. The molecule has 0 unspecified atom stereocenters. The summed E-state index contributed by atoms with van der Waals surface area (Å²) in [5.74, 6) is 0.0514. The second-order valence-electron chi connectivity index (χ2n) is 6.96. The van der Waals surface area contributed by atoms with Crippen molar-refractivity contribution in [1.82, 2.24) is 0 Å². The number of rotatable bonds is 5. The van der Waals surface area contributed by atoms with Crippen molar-refractivity contribution in [2.24, 2.45) is 5.92 Å². The molecule has 0 N–H and O–H groups in total. The van der Waals surface area contributed by atoms with Crippen LogP contribution in [0.15, 0.2) is 84.9 Å². The molecule has 30 heavy (non-hydrogen) atoms. The third-order valence-electron chi connectivity index (χ3n) is 3.94. The maximum absolute atomic E-state index is 12.1. The van der Waals surface area contributed by atoms with E-state index in [2.05, 4.69) is 52.7 Å². The molecule has 0 aliphatic rings. The van der Waals surface area contributed by atoms with Crippen molar-refractivity contribution < 1.29 is 25.8 Å². The van der Waals surface area contributed by atoms with Crippen LogP contribution in [-0.2, 0) is 16.5 Å². The Labute approximate surface area is 175 Å². The Morgan fingerprint density at radius 2 is 1.20 bits per heavy atom. The van der Waals surface area contributed by atoms with E-state index < -0.39 is 15.6 Å². The highest BCUT2D eigenvalue weighted by Gasteiger charge is 2.48. The van der Waals surface area contributed by atoms with Gasteiger partial charge in [-0.3, -0.25) is 0 Å². The van der Waals surface area contributed by atoms with Crippen LogP contribution in [-0.4, -0.2) is 13.9 Å². The Bertz CT molecular complexity index is 962. The molecule has 3 aromatic rings. The summed E-state index contributed by atoms with van der Waals surface area (Å²) in [4.78, 5) is 0. The zero-order valence-corrected chi connectivity index (χ0v) is 17.5. The molecule has 3 nitrogen and oxygen atoms in total. The van der Waals surface area contributed by atoms with E-state index >= 15 is 0 Å². The molecule has 0 aromatic heterocycles. The van der Waals surface area contributed by atoms with Crippen molar-refractivity contribution in [3.05, 3.63) is 90.5 Å². The van der Waals surface area contributed by atoms with Crippen molar-refractivity contribution in [2.45, 2.75) is 25.8 Å². The van der Waals surface area contributed by atoms with Gasteiger partial charge in [-0.1, -0.05) is 86.6 Å². The van der Waals surface area contributed by atoms with Crippen LogP contribution < -0.4 is 4.18 Å². The van der Waals surface area contributed by atoms with Crippen molar-refractivity contribution in [3.63, 3.8) is 0 Å². The maximum Gasteiger partial charge on any atom is 0.534 e. The standard InChI is InChI=1S/C12H10.C11H13F3O3S/c1-3-7-11(8-4-1)12-9-5-2-6-10-12;1-8(2)7-9-3-5-10(6-4-9)17-18(15,16)11(12,13)14/h1-10H;3-6,8H,7H2,1-2H3. The maximum atomic E-state index is 12.1. The van der Waals surface area contributed by atoms with Crippen molar-refractivity contribution in [1.29, 1.82) is 0 Å². The van der Waals surface area contributed by atoms with Crippen LogP contribution in [0.25, 0.3) is 11.1 Å². The van der Waals surface area contributed by atoms with Crippen LogP contribution in [0.2, 0.25) is 0 Å². The first-order valence-electron chi connectivity index (χ1n) is 9.28. The summed E-state index contributed by atoms with van der Waals surface area (Å²) in [5.41, 5.74) is -1.96. The summed E-state index contributed by atoms with van der Waals surface area (Å²) >= 11 is 0. The van der Waals surface area contributed by atoms with Gasteiger partial charge in [0, 0.05) is 0 Å². The van der Waals surface area contributed by atoms with Gasteiger partial charge in [0.05, 0.1) is 0 Å². The zero-order chi connectivity index (χ0) is 22.2. The lowest BCUT2D eigenvalue weighted by atomic mass is 10.0. The summed E-state index contributed by atoms with van der Waals surface area (Å²) in [7, 11) is -5.59. The number of hydrogen-bond donors (Lipinski definition) is 0. The topological polar surface area (TPSA) is 43.4 Å². The molecule has 3 rings (SSSR count). The van der Waals surface area contributed by atoms with Gasteiger partial charge in [-0.15, -0.1) is 0 Å². The fraction of sp³-hybridized carbons (Fsp3) is 0.217. The van der Waals surface area contributed by atoms with Crippen LogP contribution >= 0.6 is 0 Å². The molecule has 0 bridgehead atoms. The Balaban J connectivity index is 0.000000230. The molecule has 0 amide bonds. The van der Waals surface area contributed by atoms with E-state index in [9.17, 15) is 21.6 Å². The highest BCUT2D eigenvalue weighted by Crippen LogP contribution is 2.27. The monoisotopic (exact) mass is 436 g/mol. The summed E-state index contributed by atoms with van der Waals surface area (Å²) in [6.45, 7) is 4.00. The lowest BCUT2D eigenvalue weighted by Crippen LogP contribution is -2.28. The molecular formula is C23H23F3O3S. The molecular weight excluding hydrogens is 413 g/mol. The summed E-state index contributed by atoms with van der Waals surface area (Å²) in [6, 6.07) is 26.3. The lowest BCUT2D eigenvalue weighted by Gasteiger charge is -2.10. The molecule has 0 aliphatic heterocycles. The minimum atomic E-state index is -5.59. The molecule has 0 radical (unpaired) electrons. The summed E-state index contributed by atoms with van der Waals surface area (Å²) in [5, 5.41) is 0.